The fourth-order valence-corrected chi connectivity index (χ4v) is 3.23. The van der Waals surface area contributed by atoms with Gasteiger partial charge in [0.1, 0.15) is 0 Å². The number of aryl methyl sites for hydroxylation is 1. The van der Waals surface area contributed by atoms with E-state index in [1.165, 1.54) is 36.9 Å². The summed E-state index contributed by atoms with van der Waals surface area (Å²) in [5.41, 5.74) is 2.62. The first-order chi connectivity index (χ1) is 9.26. The number of hydrogen-bond donors (Lipinski definition) is 1. The summed E-state index contributed by atoms with van der Waals surface area (Å²) in [7, 11) is 0. The van der Waals surface area contributed by atoms with Crippen LogP contribution in [0.4, 0.5) is 0 Å². The third-order valence-electron chi connectivity index (χ3n) is 4.54. The predicted octanol–water partition coefficient (Wildman–Crippen LogP) is 2.35. The van der Waals surface area contributed by atoms with Crippen LogP contribution in [0.2, 0.25) is 0 Å². The van der Waals surface area contributed by atoms with Gasteiger partial charge in [0.15, 0.2) is 0 Å². The fourth-order valence-electron chi connectivity index (χ4n) is 3.23. The smallest absolute Gasteiger partial charge is 0.0313 e. The third kappa shape index (κ3) is 3.15. The largest absolute Gasteiger partial charge is 0.311 e. The van der Waals surface area contributed by atoms with Gasteiger partial charge in [-0.05, 0) is 43.2 Å². The van der Waals surface area contributed by atoms with E-state index in [4.69, 9.17) is 0 Å². The van der Waals surface area contributed by atoms with Crippen LogP contribution in [0.3, 0.4) is 0 Å². The third-order valence-corrected chi connectivity index (χ3v) is 4.54. The van der Waals surface area contributed by atoms with Crippen molar-refractivity contribution in [1.29, 1.82) is 0 Å². The standard InChI is InChI=1S/C16H25N3/c1-3-15-9-18-16(14-4-5-14)11-19(15)10-13-6-12(2)7-17-8-13/h6-8,14-16,18H,3-5,9-11H2,1-2H3. The number of nitrogens with zero attached hydrogens (tertiary/aromatic N) is 2. The van der Waals surface area contributed by atoms with Gasteiger partial charge in [-0.15, -0.1) is 0 Å². The van der Waals surface area contributed by atoms with Crippen molar-refractivity contribution in [2.24, 2.45) is 5.92 Å². The molecule has 2 atom stereocenters. The van der Waals surface area contributed by atoms with Crippen molar-refractivity contribution in [3.05, 3.63) is 29.6 Å². The van der Waals surface area contributed by atoms with E-state index in [1.807, 2.05) is 12.4 Å². The number of piperazine rings is 1. The zero-order chi connectivity index (χ0) is 13.2. The Labute approximate surface area is 116 Å². The molecule has 3 rings (SSSR count). The highest BCUT2D eigenvalue weighted by atomic mass is 15.2. The summed E-state index contributed by atoms with van der Waals surface area (Å²) in [5.74, 6) is 0.941. The summed E-state index contributed by atoms with van der Waals surface area (Å²) in [4.78, 5) is 6.99. The van der Waals surface area contributed by atoms with E-state index in [1.54, 1.807) is 0 Å². The second kappa shape index (κ2) is 5.59. The number of nitrogens with one attached hydrogen (secondary N) is 1. The molecule has 1 aromatic heterocycles. The van der Waals surface area contributed by atoms with E-state index in [0.717, 1.165) is 25.0 Å². The summed E-state index contributed by atoms with van der Waals surface area (Å²) in [6.45, 7) is 7.83. The molecule has 1 aliphatic heterocycles. The van der Waals surface area contributed by atoms with Crippen LogP contribution in [-0.2, 0) is 6.54 Å². The molecule has 1 aromatic rings. The summed E-state index contributed by atoms with van der Waals surface area (Å²) >= 11 is 0. The number of aromatic nitrogens is 1. The molecule has 0 bridgehead atoms. The van der Waals surface area contributed by atoms with Crippen LogP contribution in [0.15, 0.2) is 18.5 Å². The molecule has 1 aliphatic carbocycles. The maximum absolute atomic E-state index is 4.32. The Balaban J connectivity index is 1.68. The quantitative estimate of drug-likeness (QED) is 0.899. The Morgan fingerprint density at radius 2 is 2.21 bits per heavy atom. The molecule has 1 saturated carbocycles. The van der Waals surface area contributed by atoms with Crippen molar-refractivity contribution >= 4 is 0 Å². The molecule has 1 N–H and O–H groups in total. The van der Waals surface area contributed by atoms with E-state index >= 15 is 0 Å². The molecule has 104 valence electrons. The molecule has 2 unspecified atom stereocenters. The second-order valence-electron chi connectivity index (χ2n) is 6.21. The molecule has 0 aromatic carbocycles. The fraction of sp³-hybridized carbons (Fsp3) is 0.688. The van der Waals surface area contributed by atoms with Gasteiger partial charge in [-0.1, -0.05) is 13.0 Å². The first-order valence-electron chi connectivity index (χ1n) is 7.64. The lowest BCUT2D eigenvalue weighted by molar-refractivity contribution is 0.111. The highest BCUT2D eigenvalue weighted by molar-refractivity contribution is 5.17. The zero-order valence-corrected chi connectivity index (χ0v) is 12.1. The van der Waals surface area contributed by atoms with Crippen molar-refractivity contribution in [2.75, 3.05) is 13.1 Å². The first kappa shape index (κ1) is 13.1. The Kier molecular flexibility index (Phi) is 3.85. The van der Waals surface area contributed by atoms with Gasteiger partial charge in [0.25, 0.3) is 0 Å². The zero-order valence-electron chi connectivity index (χ0n) is 12.1. The van der Waals surface area contributed by atoms with E-state index in [0.29, 0.717) is 6.04 Å². The van der Waals surface area contributed by atoms with Crippen molar-refractivity contribution in [3.63, 3.8) is 0 Å². The van der Waals surface area contributed by atoms with Crippen LogP contribution in [0, 0.1) is 12.8 Å². The van der Waals surface area contributed by atoms with Crippen LogP contribution in [0.25, 0.3) is 0 Å². The second-order valence-corrected chi connectivity index (χ2v) is 6.21. The maximum atomic E-state index is 4.32. The van der Waals surface area contributed by atoms with E-state index < -0.39 is 0 Å². The monoisotopic (exact) mass is 259 g/mol. The minimum atomic E-state index is 0.676. The first-order valence-corrected chi connectivity index (χ1v) is 7.64. The number of rotatable bonds is 4. The lowest BCUT2D eigenvalue weighted by Crippen LogP contribution is -2.56. The van der Waals surface area contributed by atoms with Gasteiger partial charge in [-0.25, -0.2) is 0 Å². The minimum Gasteiger partial charge on any atom is -0.311 e. The van der Waals surface area contributed by atoms with Crippen molar-refractivity contribution in [2.45, 2.75) is 51.7 Å². The van der Waals surface area contributed by atoms with E-state index in [-0.39, 0.29) is 0 Å². The molecule has 2 aliphatic rings. The number of hydrogen-bond acceptors (Lipinski definition) is 3. The van der Waals surface area contributed by atoms with E-state index in [9.17, 15) is 0 Å². The predicted molar refractivity (Wildman–Crippen MR) is 78.0 cm³/mol. The Morgan fingerprint density at radius 3 is 2.89 bits per heavy atom. The summed E-state index contributed by atoms with van der Waals surface area (Å²) < 4.78 is 0. The molecular formula is C16H25N3. The molecule has 2 fully saturated rings. The van der Waals surface area contributed by atoms with Crippen molar-refractivity contribution in [1.82, 2.24) is 15.2 Å². The van der Waals surface area contributed by atoms with Crippen molar-refractivity contribution in [3.8, 4) is 0 Å². The van der Waals surface area contributed by atoms with Gasteiger partial charge >= 0.3 is 0 Å². The molecule has 19 heavy (non-hydrogen) atoms. The van der Waals surface area contributed by atoms with Crippen LogP contribution in [0.1, 0.15) is 37.3 Å². The van der Waals surface area contributed by atoms with Gasteiger partial charge in [0, 0.05) is 44.1 Å². The van der Waals surface area contributed by atoms with Gasteiger partial charge in [0.05, 0.1) is 0 Å². The Morgan fingerprint density at radius 1 is 1.37 bits per heavy atom. The average molecular weight is 259 g/mol. The van der Waals surface area contributed by atoms with Crippen LogP contribution in [0.5, 0.6) is 0 Å². The Hall–Kier alpha value is -0.930. The molecule has 0 radical (unpaired) electrons. The summed E-state index contributed by atoms with van der Waals surface area (Å²) in [6, 6.07) is 3.67. The maximum Gasteiger partial charge on any atom is 0.0313 e. The topological polar surface area (TPSA) is 28.2 Å². The average Bonchev–Trinajstić information content (AvgIpc) is 3.23. The van der Waals surface area contributed by atoms with Gasteiger partial charge in [-0.2, -0.15) is 0 Å². The lowest BCUT2D eigenvalue weighted by atomic mass is 10.0. The van der Waals surface area contributed by atoms with Crippen LogP contribution >= 0.6 is 0 Å². The Bertz CT molecular complexity index is 428. The minimum absolute atomic E-state index is 0.676. The molecule has 2 heterocycles. The normalized spacial score (nSPS) is 28.5. The lowest BCUT2D eigenvalue weighted by Gasteiger charge is -2.40. The molecular weight excluding hydrogens is 234 g/mol. The molecule has 0 spiro atoms. The SMILES string of the molecule is CCC1CNC(C2CC2)CN1Cc1cncc(C)c1. The molecule has 3 nitrogen and oxygen atoms in total. The van der Waals surface area contributed by atoms with Crippen LogP contribution in [-0.4, -0.2) is 35.1 Å². The number of pyridine rings is 1. The van der Waals surface area contributed by atoms with Gasteiger partial charge in [-0.3, -0.25) is 9.88 Å². The van der Waals surface area contributed by atoms with Crippen molar-refractivity contribution < 1.29 is 0 Å². The van der Waals surface area contributed by atoms with E-state index in [2.05, 4.69) is 35.1 Å². The molecule has 1 saturated heterocycles. The summed E-state index contributed by atoms with van der Waals surface area (Å²) in [6.07, 6.45) is 8.03. The molecule has 3 heteroatoms. The van der Waals surface area contributed by atoms with Crippen LogP contribution < -0.4 is 5.32 Å². The molecule has 0 amide bonds. The highest BCUT2D eigenvalue weighted by Crippen LogP contribution is 2.34. The van der Waals surface area contributed by atoms with Gasteiger partial charge < -0.3 is 5.32 Å². The highest BCUT2D eigenvalue weighted by Gasteiger charge is 2.36. The summed E-state index contributed by atoms with van der Waals surface area (Å²) in [5, 5.41) is 3.75. The van der Waals surface area contributed by atoms with Gasteiger partial charge in [0.2, 0.25) is 0 Å².